The Bertz CT molecular complexity index is 1270. The van der Waals surface area contributed by atoms with Crippen molar-refractivity contribution in [2.24, 2.45) is 5.10 Å². The molecule has 0 saturated heterocycles. The molecule has 0 aliphatic heterocycles. The van der Waals surface area contributed by atoms with E-state index in [9.17, 15) is 0 Å². The van der Waals surface area contributed by atoms with Crippen LogP contribution in [0.4, 0.5) is 0 Å². The summed E-state index contributed by atoms with van der Waals surface area (Å²) in [5, 5.41) is 11.6. The number of rotatable bonds is 7. The molecule has 0 bridgehead atoms. The summed E-state index contributed by atoms with van der Waals surface area (Å²) >= 11 is 5.36. The fourth-order valence-electron chi connectivity index (χ4n) is 2.97. The minimum atomic E-state index is 0.373. The fourth-order valence-corrected chi connectivity index (χ4v) is 3.15. The summed E-state index contributed by atoms with van der Waals surface area (Å²) in [5.74, 6) is 3.26. The number of methoxy groups -OCH3 is 2. The van der Waals surface area contributed by atoms with Gasteiger partial charge in [-0.2, -0.15) is 14.9 Å². The quantitative estimate of drug-likeness (QED) is 0.317. The molecule has 156 valence electrons. The van der Waals surface area contributed by atoms with E-state index < -0.39 is 0 Å². The first-order chi connectivity index (χ1) is 15.2. The number of aromatic amines is 1. The summed E-state index contributed by atoms with van der Waals surface area (Å²) in [6.45, 7) is 0. The van der Waals surface area contributed by atoms with Crippen molar-refractivity contribution in [2.75, 3.05) is 14.2 Å². The first-order valence-electron chi connectivity index (χ1n) is 9.45. The largest absolute Gasteiger partial charge is 0.493 e. The molecule has 0 saturated carbocycles. The van der Waals surface area contributed by atoms with E-state index in [-0.39, 0.29) is 0 Å². The molecule has 4 aromatic rings. The smallest absolute Gasteiger partial charge is 0.216 e. The van der Waals surface area contributed by atoms with Crippen molar-refractivity contribution in [1.29, 1.82) is 0 Å². The highest BCUT2D eigenvalue weighted by Crippen LogP contribution is 2.31. The Morgan fingerprint density at radius 1 is 0.903 bits per heavy atom. The van der Waals surface area contributed by atoms with Gasteiger partial charge in [-0.15, -0.1) is 0 Å². The second kappa shape index (κ2) is 9.27. The van der Waals surface area contributed by atoms with Crippen LogP contribution >= 0.6 is 12.2 Å². The number of hydrogen-bond donors (Lipinski definition) is 1. The van der Waals surface area contributed by atoms with Crippen LogP contribution < -0.4 is 14.2 Å². The molecule has 0 aliphatic rings. The van der Waals surface area contributed by atoms with Crippen LogP contribution in [0.3, 0.4) is 0 Å². The minimum Gasteiger partial charge on any atom is -0.493 e. The third-order valence-corrected chi connectivity index (χ3v) is 4.72. The number of benzene rings is 3. The number of nitrogens with zero attached hydrogens (tertiary/aromatic N) is 3. The molecule has 0 unspecified atom stereocenters. The summed E-state index contributed by atoms with van der Waals surface area (Å²) in [7, 11) is 3.18. The lowest BCUT2D eigenvalue weighted by Gasteiger charge is -2.09. The Morgan fingerprint density at radius 3 is 2.45 bits per heavy atom. The van der Waals surface area contributed by atoms with E-state index in [2.05, 4.69) is 15.3 Å². The van der Waals surface area contributed by atoms with Crippen molar-refractivity contribution in [3.63, 3.8) is 0 Å². The number of nitrogens with one attached hydrogen (secondary N) is 1. The maximum absolute atomic E-state index is 5.89. The number of hydrogen-bond acceptors (Lipinski definition) is 6. The molecule has 0 radical (unpaired) electrons. The molecule has 8 heteroatoms. The lowest BCUT2D eigenvalue weighted by Crippen LogP contribution is -1.97. The lowest BCUT2D eigenvalue weighted by atomic mass is 10.2. The summed E-state index contributed by atoms with van der Waals surface area (Å²) < 4.78 is 18.5. The third-order valence-electron chi connectivity index (χ3n) is 4.45. The van der Waals surface area contributed by atoms with Gasteiger partial charge >= 0.3 is 0 Å². The Labute approximate surface area is 184 Å². The van der Waals surface area contributed by atoms with Gasteiger partial charge < -0.3 is 14.2 Å². The van der Waals surface area contributed by atoms with Crippen LogP contribution in [0, 0.1) is 4.77 Å². The minimum absolute atomic E-state index is 0.373. The van der Waals surface area contributed by atoms with Crippen molar-refractivity contribution < 1.29 is 14.2 Å². The zero-order valence-electron chi connectivity index (χ0n) is 17.0. The Kier molecular flexibility index (Phi) is 6.09. The maximum atomic E-state index is 5.89. The molecule has 1 heterocycles. The molecular weight excluding hydrogens is 412 g/mol. The number of para-hydroxylation sites is 1. The van der Waals surface area contributed by atoms with Gasteiger partial charge in [0.25, 0.3) is 0 Å². The van der Waals surface area contributed by atoms with E-state index in [1.165, 1.54) is 0 Å². The second-order valence-electron chi connectivity index (χ2n) is 6.47. The van der Waals surface area contributed by atoms with Crippen molar-refractivity contribution in [3.05, 3.63) is 83.1 Å². The topological polar surface area (TPSA) is 73.7 Å². The van der Waals surface area contributed by atoms with E-state index in [1.807, 2.05) is 72.8 Å². The van der Waals surface area contributed by atoms with E-state index >= 15 is 0 Å². The monoisotopic (exact) mass is 432 g/mol. The molecule has 0 fully saturated rings. The van der Waals surface area contributed by atoms with E-state index in [0.717, 1.165) is 16.9 Å². The number of ether oxygens (including phenoxy) is 3. The van der Waals surface area contributed by atoms with Gasteiger partial charge in [0.05, 0.1) is 20.4 Å². The van der Waals surface area contributed by atoms with Crippen LogP contribution in [0.2, 0.25) is 0 Å². The zero-order valence-corrected chi connectivity index (χ0v) is 17.8. The fraction of sp³-hybridized carbons (Fsp3) is 0.0870. The van der Waals surface area contributed by atoms with Crippen molar-refractivity contribution >= 4 is 18.4 Å². The summed E-state index contributed by atoms with van der Waals surface area (Å²) in [6, 6.07) is 22.7. The first-order valence-corrected chi connectivity index (χ1v) is 9.86. The van der Waals surface area contributed by atoms with Crippen LogP contribution in [0.25, 0.3) is 11.4 Å². The van der Waals surface area contributed by atoms with Crippen LogP contribution in [0.1, 0.15) is 5.56 Å². The van der Waals surface area contributed by atoms with Crippen LogP contribution in [-0.2, 0) is 0 Å². The van der Waals surface area contributed by atoms with E-state index in [0.29, 0.717) is 27.8 Å². The van der Waals surface area contributed by atoms with Gasteiger partial charge in [0.1, 0.15) is 11.5 Å². The van der Waals surface area contributed by atoms with E-state index in [1.54, 1.807) is 25.1 Å². The number of aromatic nitrogens is 3. The average Bonchev–Trinajstić information content (AvgIpc) is 3.18. The van der Waals surface area contributed by atoms with Gasteiger partial charge in [-0.1, -0.05) is 30.3 Å². The predicted molar refractivity (Wildman–Crippen MR) is 122 cm³/mol. The molecule has 0 atom stereocenters. The van der Waals surface area contributed by atoms with Crippen LogP contribution in [0.5, 0.6) is 23.0 Å². The van der Waals surface area contributed by atoms with Gasteiger partial charge in [-0.25, -0.2) is 5.10 Å². The number of H-pyrrole nitrogens is 1. The lowest BCUT2D eigenvalue weighted by molar-refractivity contribution is 0.355. The SMILES string of the molecule is COc1ccc(-c2n[nH]c(=S)n2/N=C/c2cccc(Oc3ccccc3)c2)cc1OC. The van der Waals surface area contributed by atoms with Crippen LogP contribution in [-0.4, -0.2) is 35.3 Å². The highest BCUT2D eigenvalue weighted by Gasteiger charge is 2.12. The zero-order chi connectivity index (χ0) is 21.6. The second-order valence-corrected chi connectivity index (χ2v) is 6.85. The molecule has 4 rings (SSSR count). The normalized spacial score (nSPS) is 10.9. The molecule has 0 amide bonds. The molecule has 31 heavy (non-hydrogen) atoms. The van der Waals surface area contributed by atoms with Gasteiger partial charge in [0.2, 0.25) is 4.77 Å². The molecule has 0 aliphatic carbocycles. The Hall–Kier alpha value is -3.91. The van der Waals surface area contributed by atoms with Gasteiger partial charge in [0, 0.05) is 5.56 Å². The third kappa shape index (κ3) is 4.65. The highest BCUT2D eigenvalue weighted by atomic mass is 32.1. The Balaban J connectivity index is 1.62. The standard InChI is InChI=1S/C23H20N4O3S/c1-28-20-12-11-17(14-21(20)29-2)22-25-26-23(31)27(22)24-15-16-7-6-10-19(13-16)30-18-8-4-3-5-9-18/h3-15H,1-2H3,(H,26,31)/b24-15+. The molecular formula is C23H20N4O3S. The van der Waals surface area contributed by atoms with Gasteiger partial charge in [-0.3, -0.25) is 0 Å². The van der Waals surface area contributed by atoms with Crippen LogP contribution in [0.15, 0.2) is 77.9 Å². The van der Waals surface area contributed by atoms with Gasteiger partial charge in [-0.05, 0) is 60.2 Å². The molecule has 3 aromatic carbocycles. The van der Waals surface area contributed by atoms with E-state index in [4.69, 9.17) is 26.4 Å². The molecule has 1 N–H and O–H groups in total. The average molecular weight is 433 g/mol. The summed E-state index contributed by atoms with van der Waals surface area (Å²) in [4.78, 5) is 0. The first kappa shape index (κ1) is 20.4. The predicted octanol–water partition coefficient (Wildman–Crippen LogP) is 5.30. The summed E-state index contributed by atoms with van der Waals surface area (Å²) in [6.07, 6.45) is 1.70. The highest BCUT2D eigenvalue weighted by molar-refractivity contribution is 7.71. The van der Waals surface area contributed by atoms with Crippen molar-refractivity contribution in [1.82, 2.24) is 14.9 Å². The van der Waals surface area contributed by atoms with Crippen molar-refractivity contribution in [3.8, 4) is 34.4 Å². The maximum Gasteiger partial charge on any atom is 0.216 e. The molecule has 1 aromatic heterocycles. The summed E-state index contributed by atoms with van der Waals surface area (Å²) in [5.41, 5.74) is 1.64. The molecule has 7 nitrogen and oxygen atoms in total. The Morgan fingerprint density at radius 2 is 1.68 bits per heavy atom. The molecule has 0 spiro atoms. The van der Waals surface area contributed by atoms with Crippen molar-refractivity contribution in [2.45, 2.75) is 0 Å². The van der Waals surface area contributed by atoms with Gasteiger partial charge in [0.15, 0.2) is 17.3 Å².